The number of aliphatic hydroxyl groups is 1. The third kappa shape index (κ3) is 4.17. The summed E-state index contributed by atoms with van der Waals surface area (Å²) in [5.74, 6) is -0.264. The van der Waals surface area contributed by atoms with E-state index < -0.39 is 0 Å². The predicted molar refractivity (Wildman–Crippen MR) is 88.2 cm³/mol. The maximum atomic E-state index is 12.0. The lowest BCUT2D eigenvalue weighted by atomic mass is 10.1. The van der Waals surface area contributed by atoms with Crippen molar-refractivity contribution in [2.24, 2.45) is 5.10 Å². The molecule has 2 N–H and O–H groups in total. The van der Waals surface area contributed by atoms with Gasteiger partial charge in [0.1, 0.15) is 0 Å². The molecule has 0 saturated heterocycles. The quantitative estimate of drug-likeness (QED) is 0.655. The molecule has 0 saturated carbocycles. The second-order valence-electron chi connectivity index (χ2n) is 5.04. The number of amides is 1. The highest BCUT2D eigenvalue weighted by Gasteiger charge is 2.04. The summed E-state index contributed by atoms with van der Waals surface area (Å²) in [6.07, 6.45) is 1.55. The number of rotatable bonds is 5. The third-order valence-corrected chi connectivity index (χ3v) is 3.16. The molecule has 0 aromatic heterocycles. The highest BCUT2D eigenvalue weighted by Crippen LogP contribution is 2.12. The van der Waals surface area contributed by atoms with Gasteiger partial charge >= 0.3 is 0 Å². The van der Waals surface area contributed by atoms with Crippen molar-refractivity contribution in [1.82, 2.24) is 5.43 Å². The first kappa shape index (κ1) is 15.7. The van der Waals surface area contributed by atoms with Crippen LogP contribution in [0, 0.1) is 0 Å². The van der Waals surface area contributed by atoms with Crippen LogP contribution < -0.4 is 10.3 Å². The number of carbonyl (C=O) groups excluding carboxylic acids is 1. The molecule has 0 unspecified atom stereocenters. The lowest BCUT2D eigenvalue weighted by molar-refractivity contribution is 0.0955. The summed E-state index contributed by atoms with van der Waals surface area (Å²) < 4.78 is 0. The fraction of sp³-hybridized carbons (Fsp3) is 0.176. The lowest BCUT2D eigenvalue weighted by Crippen LogP contribution is -2.18. The number of hydrogen-bond donors (Lipinski definition) is 2. The van der Waals surface area contributed by atoms with Crippen LogP contribution in [0.15, 0.2) is 53.6 Å². The average Bonchev–Trinajstić information content (AvgIpc) is 2.55. The summed E-state index contributed by atoms with van der Waals surface area (Å²) in [5.41, 5.74) is 5.68. The monoisotopic (exact) mass is 297 g/mol. The van der Waals surface area contributed by atoms with E-state index in [1.54, 1.807) is 18.3 Å². The van der Waals surface area contributed by atoms with Crippen LogP contribution in [0.3, 0.4) is 0 Å². The molecule has 5 nitrogen and oxygen atoms in total. The number of hydrazone groups is 1. The number of anilines is 1. The third-order valence-electron chi connectivity index (χ3n) is 3.16. The van der Waals surface area contributed by atoms with Crippen molar-refractivity contribution in [2.75, 3.05) is 19.0 Å². The van der Waals surface area contributed by atoms with Crippen LogP contribution in [-0.2, 0) is 6.61 Å². The zero-order valence-corrected chi connectivity index (χ0v) is 12.7. The Morgan fingerprint density at radius 3 is 2.59 bits per heavy atom. The molecule has 0 radical (unpaired) electrons. The van der Waals surface area contributed by atoms with E-state index in [9.17, 15) is 4.79 Å². The minimum Gasteiger partial charge on any atom is -0.392 e. The molecule has 2 rings (SSSR count). The molecule has 2 aromatic rings. The van der Waals surface area contributed by atoms with Crippen LogP contribution in [0.4, 0.5) is 5.69 Å². The molecule has 0 heterocycles. The Kier molecular flexibility index (Phi) is 5.27. The molecule has 114 valence electrons. The molecule has 0 atom stereocenters. The Morgan fingerprint density at radius 1 is 1.23 bits per heavy atom. The van der Waals surface area contributed by atoms with Gasteiger partial charge in [0.2, 0.25) is 0 Å². The molecular weight excluding hydrogens is 278 g/mol. The summed E-state index contributed by atoms with van der Waals surface area (Å²) in [5, 5.41) is 13.0. The Balaban J connectivity index is 1.98. The van der Waals surface area contributed by atoms with E-state index in [1.807, 2.05) is 55.4 Å². The van der Waals surface area contributed by atoms with Gasteiger partial charge in [-0.25, -0.2) is 5.43 Å². The first-order valence-electron chi connectivity index (χ1n) is 6.91. The summed E-state index contributed by atoms with van der Waals surface area (Å²) in [6, 6.07) is 14.6. The average molecular weight is 297 g/mol. The molecule has 1 amide bonds. The van der Waals surface area contributed by atoms with E-state index in [0.29, 0.717) is 5.56 Å². The van der Waals surface area contributed by atoms with Crippen molar-refractivity contribution < 1.29 is 9.90 Å². The maximum Gasteiger partial charge on any atom is 0.271 e. The van der Waals surface area contributed by atoms with Crippen LogP contribution >= 0.6 is 0 Å². The van der Waals surface area contributed by atoms with Gasteiger partial charge in [-0.3, -0.25) is 4.79 Å². The van der Waals surface area contributed by atoms with Crippen LogP contribution in [0.1, 0.15) is 21.5 Å². The van der Waals surface area contributed by atoms with E-state index in [-0.39, 0.29) is 12.5 Å². The summed E-state index contributed by atoms with van der Waals surface area (Å²) in [7, 11) is 3.89. The van der Waals surface area contributed by atoms with Crippen LogP contribution in [-0.4, -0.2) is 31.3 Å². The van der Waals surface area contributed by atoms with Crippen molar-refractivity contribution in [2.45, 2.75) is 6.61 Å². The largest absolute Gasteiger partial charge is 0.392 e. The normalized spacial score (nSPS) is 10.7. The predicted octanol–water partition coefficient (Wildman–Crippen LogP) is 2.01. The fourth-order valence-corrected chi connectivity index (χ4v) is 1.91. The second-order valence-corrected chi connectivity index (χ2v) is 5.04. The molecule has 0 aliphatic rings. The van der Waals surface area contributed by atoms with E-state index in [1.165, 1.54) is 0 Å². The first-order valence-corrected chi connectivity index (χ1v) is 6.91. The van der Waals surface area contributed by atoms with Crippen LogP contribution in [0.25, 0.3) is 0 Å². The maximum absolute atomic E-state index is 12.0. The van der Waals surface area contributed by atoms with Crippen molar-refractivity contribution in [3.63, 3.8) is 0 Å². The number of nitrogens with zero attached hydrogens (tertiary/aromatic N) is 2. The minimum absolute atomic E-state index is 0.0216. The van der Waals surface area contributed by atoms with Gasteiger partial charge in [-0.2, -0.15) is 5.10 Å². The molecule has 2 aromatic carbocycles. The van der Waals surface area contributed by atoms with Crippen molar-refractivity contribution in [3.8, 4) is 0 Å². The summed E-state index contributed by atoms with van der Waals surface area (Å²) in [6.45, 7) is -0.0216. The molecule has 0 bridgehead atoms. The zero-order chi connectivity index (χ0) is 15.9. The van der Waals surface area contributed by atoms with Crippen molar-refractivity contribution >= 4 is 17.8 Å². The zero-order valence-electron chi connectivity index (χ0n) is 12.7. The van der Waals surface area contributed by atoms with Gasteiger partial charge in [0.15, 0.2) is 0 Å². The summed E-state index contributed by atoms with van der Waals surface area (Å²) >= 11 is 0. The molecular formula is C17H19N3O2. The number of benzene rings is 2. The molecule has 5 heteroatoms. The fourth-order valence-electron chi connectivity index (χ4n) is 1.91. The molecule has 0 aliphatic carbocycles. The van der Waals surface area contributed by atoms with Gasteiger partial charge < -0.3 is 10.0 Å². The standard InChI is InChI=1S/C17H19N3O2/c1-20(2)16-8-6-15(7-9-16)17(22)19-18-11-13-4-3-5-14(10-13)12-21/h3-11,21H,12H2,1-2H3,(H,19,22)/b18-11+. The van der Waals surface area contributed by atoms with Crippen LogP contribution in [0.2, 0.25) is 0 Å². The van der Waals surface area contributed by atoms with Gasteiger partial charge in [-0.15, -0.1) is 0 Å². The topological polar surface area (TPSA) is 64.9 Å². The molecule has 22 heavy (non-hydrogen) atoms. The Bertz CT molecular complexity index is 664. The minimum atomic E-state index is -0.264. The summed E-state index contributed by atoms with van der Waals surface area (Å²) in [4.78, 5) is 13.9. The SMILES string of the molecule is CN(C)c1ccc(C(=O)N/N=C/c2cccc(CO)c2)cc1. The molecule has 0 spiro atoms. The van der Waals surface area contributed by atoms with Crippen molar-refractivity contribution in [3.05, 3.63) is 65.2 Å². The van der Waals surface area contributed by atoms with Crippen LogP contribution in [0.5, 0.6) is 0 Å². The number of aliphatic hydroxyl groups excluding tert-OH is 1. The van der Waals surface area contributed by atoms with E-state index in [0.717, 1.165) is 16.8 Å². The number of hydrogen-bond acceptors (Lipinski definition) is 4. The Hall–Kier alpha value is -2.66. The van der Waals surface area contributed by atoms with Crippen molar-refractivity contribution in [1.29, 1.82) is 0 Å². The first-order chi connectivity index (χ1) is 10.6. The highest BCUT2D eigenvalue weighted by atomic mass is 16.3. The van der Waals surface area contributed by atoms with E-state index >= 15 is 0 Å². The van der Waals surface area contributed by atoms with Gasteiger partial charge in [0.05, 0.1) is 12.8 Å². The second kappa shape index (κ2) is 7.38. The van der Waals surface area contributed by atoms with Gasteiger partial charge in [-0.05, 0) is 41.5 Å². The Morgan fingerprint density at radius 2 is 1.95 bits per heavy atom. The van der Waals surface area contributed by atoms with E-state index in [2.05, 4.69) is 10.5 Å². The number of nitrogens with one attached hydrogen (secondary N) is 1. The highest BCUT2D eigenvalue weighted by molar-refractivity contribution is 5.95. The lowest BCUT2D eigenvalue weighted by Gasteiger charge is -2.12. The smallest absolute Gasteiger partial charge is 0.271 e. The molecule has 0 fully saturated rings. The van der Waals surface area contributed by atoms with Gasteiger partial charge in [-0.1, -0.05) is 18.2 Å². The van der Waals surface area contributed by atoms with E-state index in [4.69, 9.17) is 5.11 Å². The van der Waals surface area contributed by atoms with Gasteiger partial charge in [0.25, 0.3) is 5.91 Å². The molecule has 0 aliphatic heterocycles. The van der Waals surface area contributed by atoms with Gasteiger partial charge in [0, 0.05) is 25.3 Å². The Labute approximate surface area is 129 Å². The number of carbonyl (C=O) groups is 1.